The maximum atomic E-state index is 11.8. The van der Waals surface area contributed by atoms with Crippen LogP contribution in [0.2, 0.25) is 0 Å². The maximum absolute atomic E-state index is 11.8. The van der Waals surface area contributed by atoms with Crippen molar-refractivity contribution in [3.63, 3.8) is 0 Å². The van der Waals surface area contributed by atoms with E-state index in [1.807, 2.05) is 0 Å². The molecule has 0 aliphatic heterocycles. The van der Waals surface area contributed by atoms with Gasteiger partial charge in [0.2, 0.25) is 5.91 Å². The SMILES string of the molecule is CC(O)CNC(=O)C1CCc2n[nH]nc2C1. The molecular weight excluding hydrogens is 208 g/mol. The Bertz CT molecular complexity index is 375. The monoisotopic (exact) mass is 224 g/mol. The number of aromatic amines is 1. The van der Waals surface area contributed by atoms with Crippen LogP contribution in [-0.2, 0) is 17.6 Å². The van der Waals surface area contributed by atoms with Gasteiger partial charge < -0.3 is 10.4 Å². The maximum Gasteiger partial charge on any atom is 0.223 e. The minimum absolute atomic E-state index is 0.00505. The topological polar surface area (TPSA) is 90.9 Å². The van der Waals surface area contributed by atoms with Crippen molar-refractivity contribution >= 4 is 5.91 Å². The van der Waals surface area contributed by atoms with Crippen LogP contribution in [0.25, 0.3) is 0 Å². The number of carbonyl (C=O) groups is 1. The second-order valence-electron chi connectivity index (χ2n) is 4.25. The van der Waals surface area contributed by atoms with E-state index in [-0.39, 0.29) is 11.8 Å². The summed E-state index contributed by atoms with van der Waals surface area (Å²) in [5.74, 6) is -0.0501. The molecule has 1 aliphatic rings. The Balaban J connectivity index is 1.90. The Morgan fingerprint density at radius 3 is 3.12 bits per heavy atom. The van der Waals surface area contributed by atoms with Crippen LogP contribution in [0.1, 0.15) is 24.7 Å². The minimum Gasteiger partial charge on any atom is -0.392 e. The normalized spacial score (nSPS) is 21.2. The van der Waals surface area contributed by atoms with Crippen LogP contribution in [0.5, 0.6) is 0 Å². The molecule has 2 rings (SSSR count). The Labute approximate surface area is 93.4 Å². The summed E-state index contributed by atoms with van der Waals surface area (Å²) < 4.78 is 0. The molecular formula is C10H16N4O2. The van der Waals surface area contributed by atoms with Gasteiger partial charge in [-0.25, -0.2) is 0 Å². The number of hydrogen-bond donors (Lipinski definition) is 3. The largest absolute Gasteiger partial charge is 0.392 e. The molecule has 0 aromatic carbocycles. The number of aromatic nitrogens is 3. The van der Waals surface area contributed by atoms with Crippen LogP contribution >= 0.6 is 0 Å². The summed E-state index contributed by atoms with van der Waals surface area (Å²) in [4.78, 5) is 11.8. The highest BCUT2D eigenvalue weighted by atomic mass is 16.3. The first kappa shape index (κ1) is 11.1. The van der Waals surface area contributed by atoms with Crippen LogP contribution in [0.3, 0.4) is 0 Å². The van der Waals surface area contributed by atoms with Gasteiger partial charge >= 0.3 is 0 Å². The highest BCUT2D eigenvalue weighted by Crippen LogP contribution is 2.22. The molecule has 2 unspecified atom stereocenters. The van der Waals surface area contributed by atoms with Crippen LogP contribution in [-0.4, -0.2) is 39.1 Å². The van der Waals surface area contributed by atoms with E-state index >= 15 is 0 Å². The number of nitrogens with zero attached hydrogens (tertiary/aromatic N) is 2. The molecule has 1 amide bonds. The molecule has 1 heterocycles. The van der Waals surface area contributed by atoms with Gasteiger partial charge in [0.1, 0.15) is 0 Å². The van der Waals surface area contributed by atoms with E-state index in [1.165, 1.54) is 0 Å². The van der Waals surface area contributed by atoms with Crippen molar-refractivity contribution in [2.24, 2.45) is 5.92 Å². The van der Waals surface area contributed by atoms with Crippen LogP contribution in [0, 0.1) is 5.92 Å². The summed E-state index contributed by atoms with van der Waals surface area (Å²) in [5.41, 5.74) is 1.86. The zero-order valence-corrected chi connectivity index (χ0v) is 9.23. The quantitative estimate of drug-likeness (QED) is 0.640. The van der Waals surface area contributed by atoms with Gasteiger partial charge in [-0.15, -0.1) is 0 Å². The number of fused-ring (bicyclic) bond motifs is 1. The number of aryl methyl sites for hydroxylation is 1. The molecule has 88 valence electrons. The summed E-state index contributed by atoms with van der Waals surface area (Å²) in [7, 11) is 0. The van der Waals surface area contributed by atoms with Gasteiger partial charge in [0.25, 0.3) is 0 Å². The van der Waals surface area contributed by atoms with Gasteiger partial charge in [0.15, 0.2) is 0 Å². The van der Waals surface area contributed by atoms with E-state index in [2.05, 4.69) is 20.7 Å². The number of amides is 1. The molecule has 1 aliphatic carbocycles. The number of carbonyl (C=O) groups excluding carboxylic acids is 1. The Kier molecular flexibility index (Phi) is 3.19. The molecule has 1 aromatic rings. The molecule has 16 heavy (non-hydrogen) atoms. The minimum atomic E-state index is -0.504. The van der Waals surface area contributed by atoms with Crippen molar-refractivity contribution < 1.29 is 9.90 Å². The third-order valence-electron chi connectivity index (χ3n) is 2.81. The van der Waals surface area contributed by atoms with E-state index in [9.17, 15) is 4.79 Å². The number of aliphatic hydroxyl groups excluding tert-OH is 1. The third kappa shape index (κ3) is 2.38. The molecule has 0 spiro atoms. The fraction of sp³-hybridized carbons (Fsp3) is 0.700. The van der Waals surface area contributed by atoms with Crippen molar-refractivity contribution in [3.8, 4) is 0 Å². The highest BCUT2D eigenvalue weighted by Gasteiger charge is 2.26. The van der Waals surface area contributed by atoms with Crippen molar-refractivity contribution in [3.05, 3.63) is 11.4 Å². The first-order valence-corrected chi connectivity index (χ1v) is 5.51. The number of H-pyrrole nitrogens is 1. The summed E-state index contributed by atoms with van der Waals surface area (Å²) in [6, 6.07) is 0. The van der Waals surface area contributed by atoms with Gasteiger partial charge in [-0.2, -0.15) is 15.4 Å². The van der Waals surface area contributed by atoms with E-state index in [0.29, 0.717) is 13.0 Å². The van der Waals surface area contributed by atoms with Crippen LogP contribution in [0.15, 0.2) is 0 Å². The molecule has 1 aromatic heterocycles. The number of nitrogens with one attached hydrogen (secondary N) is 2. The number of aliphatic hydroxyl groups is 1. The zero-order valence-electron chi connectivity index (χ0n) is 9.23. The van der Waals surface area contributed by atoms with Crippen LogP contribution < -0.4 is 5.32 Å². The molecule has 0 saturated heterocycles. The molecule has 0 saturated carbocycles. The summed E-state index contributed by atoms with van der Waals surface area (Å²) in [6.07, 6.45) is 1.72. The Morgan fingerprint density at radius 2 is 2.38 bits per heavy atom. The Hall–Kier alpha value is -1.43. The Morgan fingerprint density at radius 1 is 1.62 bits per heavy atom. The predicted octanol–water partition coefficient (Wildman–Crippen LogP) is -0.593. The van der Waals surface area contributed by atoms with Crippen molar-refractivity contribution in [2.75, 3.05) is 6.54 Å². The number of hydrogen-bond acceptors (Lipinski definition) is 4. The molecule has 0 radical (unpaired) electrons. The van der Waals surface area contributed by atoms with Gasteiger partial charge in [-0.05, 0) is 19.8 Å². The highest BCUT2D eigenvalue weighted by molar-refractivity contribution is 5.79. The van der Waals surface area contributed by atoms with Gasteiger partial charge in [-0.3, -0.25) is 4.79 Å². The van der Waals surface area contributed by atoms with E-state index in [4.69, 9.17) is 5.11 Å². The summed E-state index contributed by atoms with van der Waals surface area (Å²) in [5, 5.41) is 22.4. The fourth-order valence-corrected chi connectivity index (χ4v) is 1.90. The van der Waals surface area contributed by atoms with E-state index in [0.717, 1.165) is 24.2 Å². The van der Waals surface area contributed by atoms with Gasteiger partial charge in [0, 0.05) is 18.9 Å². The van der Waals surface area contributed by atoms with E-state index < -0.39 is 6.10 Å². The summed E-state index contributed by atoms with van der Waals surface area (Å²) in [6.45, 7) is 1.96. The van der Waals surface area contributed by atoms with Gasteiger partial charge in [-0.1, -0.05) is 0 Å². The molecule has 6 heteroatoms. The number of rotatable bonds is 3. The molecule has 3 N–H and O–H groups in total. The van der Waals surface area contributed by atoms with Crippen molar-refractivity contribution in [2.45, 2.75) is 32.3 Å². The fourth-order valence-electron chi connectivity index (χ4n) is 1.90. The lowest BCUT2D eigenvalue weighted by molar-refractivity contribution is -0.125. The van der Waals surface area contributed by atoms with Crippen molar-refractivity contribution in [1.29, 1.82) is 0 Å². The van der Waals surface area contributed by atoms with Crippen molar-refractivity contribution in [1.82, 2.24) is 20.7 Å². The standard InChI is InChI=1S/C10H16N4O2/c1-6(15)5-11-10(16)7-2-3-8-9(4-7)13-14-12-8/h6-7,15H,2-5H2,1H3,(H,11,16)(H,12,13,14). The first-order chi connectivity index (χ1) is 7.66. The van der Waals surface area contributed by atoms with Gasteiger partial charge in [0.05, 0.1) is 17.5 Å². The van der Waals surface area contributed by atoms with Crippen LogP contribution in [0.4, 0.5) is 0 Å². The zero-order chi connectivity index (χ0) is 11.5. The second kappa shape index (κ2) is 4.61. The lowest BCUT2D eigenvalue weighted by Crippen LogP contribution is -2.37. The molecule has 2 atom stereocenters. The van der Waals surface area contributed by atoms with E-state index in [1.54, 1.807) is 6.92 Å². The average molecular weight is 224 g/mol. The summed E-state index contributed by atoms with van der Waals surface area (Å²) >= 11 is 0. The molecule has 0 bridgehead atoms. The third-order valence-corrected chi connectivity index (χ3v) is 2.81. The predicted molar refractivity (Wildman–Crippen MR) is 56.6 cm³/mol. The lowest BCUT2D eigenvalue weighted by atomic mass is 9.89. The first-order valence-electron chi connectivity index (χ1n) is 5.51. The second-order valence-corrected chi connectivity index (χ2v) is 4.25. The molecule has 6 nitrogen and oxygen atoms in total. The smallest absolute Gasteiger partial charge is 0.223 e. The average Bonchev–Trinajstić information content (AvgIpc) is 2.72. The molecule has 0 fully saturated rings. The lowest BCUT2D eigenvalue weighted by Gasteiger charge is -2.19.